The summed E-state index contributed by atoms with van der Waals surface area (Å²) in [6.07, 6.45) is 5.29. The van der Waals surface area contributed by atoms with Gasteiger partial charge < -0.3 is 25.2 Å². The van der Waals surface area contributed by atoms with Crippen molar-refractivity contribution in [1.82, 2.24) is 14.9 Å². The maximum absolute atomic E-state index is 11.0. The van der Waals surface area contributed by atoms with Crippen LogP contribution in [-0.4, -0.2) is 71.3 Å². The summed E-state index contributed by atoms with van der Waals surface area (Å²) in [7, 11) is 0. The molecule has 0 saturated carbocycles. The average molecular weight is 473 g/mol. The Kier molecular flexibility index (Phi) is 5.03. The van der Waals surface area contributed by atoms with Crippen LogP contribution in [0, 0.1) is 0 Å². The molecule has 0 amide bonds. The Hall–Kier alpha value is -4.18. The molecule has 0 radical (unpaired) electrons. The minimum absolute atomic E-state index is 0.0454. The van der Waals surface area contributed by atoms with E-state index in [1.54, 1.807) is 12.4 Å². The highest BCUT2D eigenvalue weighted by Gasteiger charge is 2.47. The molecular formula is C25H24N6O4. The zero-order valence-corrected chi connectivity index (χ0v) is 18.9. The van der Waals surface area contributed by atoms with E-state index < -0.39 is 11.5 Å². The second kappa shape index (κ2) is 8.24. The molecule has 3 aromatic rings. The molecule has 3 aliphatic rings. The SMILES string of the molecule is NC1=N[C@@]2(CO1)c1cc(-c3cccnc3)ccc1Oc1cnc(N3CCN(CC(=O)O)CC3)cc12. The van der Waals surface area contributed by atoms with Crippen LogP contribution in [0.1, 0.15) is 11.1 Å². The van der Waals surface area contributed by atoms with E-state index in [0.29, 0.717) is 37.7 Å². The molecule has 1 saturated heterocycles. The van der Waals surface area contributed by atoms with Gasteiger partial charge in [-0.2, -0.15) is 0 Å². The molecule has 2 aromatic heterocycles. The van der Waals surface area contributed by atoms with Gasteiger partial charge >= 0.3 is 5.97 Å². The lowest BCUT2D eigenvalue weighted by molar-refractivity contribution is -0.138. The molecule has 3 N–H and O–H groups in total. The number of ether oxygens (including phenoxy) is 2. The second-order valence-corrected chi connectivity index (χ2v) is 8.85. The smallest absolute Gasteiger partial charge is 0.317 e. The number of aliphatic imine (C=N–C) groups is 1. The second-order valence-electron chi connectivity index (χ2n) is 8.85. The normalized spacial score (nSPS) is 21.0. The van der Waals surface area contributed by atoms with Gasteiger partial charge in [0.1, 0.15) is 18.2 Å². The topological polar surface area (TPSA) is 126 Å². The van der Waals surface area contributed by atoms with Crippen LogP contribution >= 0.6 is 0 Å². The van der Waals surface area contributed by atoms with Crippen LogP contribution < -0.4 is 15.4 Å². The summed E-state index contributed by atoms with van der Waals surface area (Å²) in [5.74, 6) is 1.27. The van der Waals surface area contributed by atoms with Gasteiger partial charge in [-0.3, -0.25) is 14.7 Å². The molecule has 1 spiro atoms. The van der Waals surface area contributed by atoms with E-state index in [0.717, 1.165) is 28.1 Å². The number of pyridine rings is 2. The molecule has 0 unspecified atom stereocenters. The number of hydrogen-bond acceptors (Lipinski definition) is 9. The van der Waals surface area contributed by atoms with E-state index in [-0.39, 0.29) is 19.2 Å². The van der Waals surface area contributed by atoms with Gasteiger partial charge in [0.2, 0.25) is 0 Å². The molecule has 35 heavy (non-hydrogen) atoms. The maximum atomic E-state index is 11.0. The molecule has 1 fully saturated rings. The van der Waals surface area contributed by atoms with E-state index >= 15 is 0 Å². The van der Waals surface area contributed by atoms with Gasteiger partial charge in [0.05, 0.1) is 12.7 Å². The summed E-state index contributed by atoms with van der Waals surface area (Å²) >= 11 is 0. The first-order chi connectivity index (χ1) is 17.0. The van der Waals surface area contributed by atoms with E-state index in [2.05, 4.69) is 20.9 Å². The minimum atomic E-state index is -0.853. The van der Waals surface area contributed by atoms with Crippen LogP contribution in [0.5, 0.6) is 11.5 Å². The number of aromatic nitrogens is 2. The number of aliphatic carboxylic acids is 1. The zero-order valence-electron chi connectivity index (χ0n) is 18.9. The van der Waals surface area contributed by atoms with Crippen LogP contribution in [0.25, 0.3) is 11.1 Å². The first kappa shape index (κ1) is 21.4. The molecule has 3 aliphatic heterocycles. The summed E-state index contributed by atoms with van der Waals surface area (Å²) in [5.41, 5.74) is 8.88. The van der Waals surface area contributed by atoms with Gasteiger partial charge in [0, 0.05) is 55.3 Å². The highest BCUT2D eigenvalue weighted by atomic mass is 16.5. The largest absolute Gasteiger partial charge is 0.480 e. The lowest BCUT2D eigenvalue weighted by Gasteiger charge is -2.37. The Bertz CT molecular complexity index is 1320. The van der Waals surface area contributed by atoms with Crippen molar-refractivity contribution in [3.8, 4) is 22.6 Å². The van der Waals surface area contributed by atoms with Gasteiger partial charge in [0.25, 0.3) is 6.02 Å². The molecule has 6 rings (SSSR count). The molecule has 10 heteroatoms. The number of rotatable bonds is 4. The van der Waals surface area contributed by atoms with Gasteiger partial charge in [-0.15, -0.1) is 0 Å². The van der Waals surface area contributed by atoms with Crippen molar-refractivity contribution >= 4 is 17.8 Å². The third-order valence-corrected chi connectivity index (χ3v) is 6.72. The summed E-state index contributed by atoms with van der Waals surface area (Å²) in [4.78, 5) is 28.8. The van der Waals surface area contributed by atoms with Crippen molar-refractivity contribution in [2.24, 2.45) is 10.7 Å². The highest BCUT2D eigenvalue weighted by molar-refractivity contribution is 5.78. The van der Waals surface area contributed by atoms with Crippen molar-refractivity contribution in [3.05, 3.63) is 66.1 Å². The van der Waals surface area contributed by atoms with Crippen molar-refractivity contribution in [1.29, 1.82) is 0 Å². The number of hydrogen-bond donors (Lipinski definition) is 2. The summed E-state index contributed by atoms with van der Waals surface area (Å²) in [6, 6.07) is 12.0. The number of fused-ring (bicyclic) bond motifs is 4. The third kappa shape index (κ3) is 3.71. The van der Waals surface area contributed by atoms with Crippen LogP contribution in [-0.2, 0) is 15.1 Å². The quantitative estimate of drug-likeness (QED) is 0.586. The van der Waals surface area contributed by atoms with E-state index in [1.165, 1.54) is 0 Å². The van der Waals surface area contributed by atoms with Gasteiger partial charge in [-0.1, -0.05) is 12.1 Å². The lowest BCUT2D eigenvalue weighted by Crippen LogP contribution is -2.48. The fraction of sp³-hybridized carbons (Fsp3) is 0.280. The predicted octanol–water partition coefficient (Wildman–Crippen LogP) is 2.04. The first-order valence-electron chi connectivity index (χ1n) is 11.4. The first-order valence-corrected chi connectivity index (χ1v) is 11.4. The third-order valence-electron chi connectivity index (χ3n) is 6.72. The van der Waals surface area contributed by atoms with Crippen LogP contribution in [0.2, 0.25) is 0 Å². The molecular weight excluding hydrogens is 448 g/mol. The molecule has 5 heterocycles. The van der Waals surface area contributed by atoms with E-state index in [1.807, 2.05) is 41.4 Å². The number of piperazine rings is 1. The van der Waals surface area contributed by atoms with Crippen molar-refractivity contribution in [2.75, 3.05) is 44.2 Å². The molecule has 1 atom stereocenters. The summed E-state index contributed by atoms with van der Waals surface area (Å²) in [5, 5.41) is 9.07. The van der Waals surface area contributed by atoms with Gasteiger partial charge in [-0.25, -0.2) is 9.98 Å². The Balaban J connectivity index is 1.38. The summed E-state index contributed by atoms with van der Waals surface area (Å²) < 4.78 is 12.0. The van der Waals surface area contributed by atoms with Crippen LogP contribution in [0.15, 0.2) is 60.0 Å². The number of amidine groups is 1. The van der Waals surface area contributed by atoms with Gasteiger partial charge in [-0.05, 0) is 29.8 Å². The van der Waals surface area contributed by atoms with Gasteiger partial charge in [0.15, 0.2) is 11.3 Å². The Morgan fingerprint density at radius 3 is 2.60 bits per heavy atom. The Morgan fingerprint density at radius 2 is 1.89 bits per heavy atom. The van der Waals surface area contributed by atoms with E-state index in [4.69, 9.17) is 25.3 Å². The highest BCUT2D eigenvalue weighted by Crippen LogP contribution is 2.52. The van der Waals surface area contributed by atoms with Crippen molar-refractivity contribution < 1.29 is 19.4 Å². The fourth-order valence-electron chi connectivity index (χ4n) is 4.96. The van der Waals surface area contributed by atoms with Crippen LogP contribution in [0.4, 0.5) is 5.82 Å². The number of carboxylic acid groups (broad SMARTS) is 1. The monoisotopic (exact) mass is 472 g/mol. The number of benzene rings is 1. The fourth-order valence-corrected chi connectivity index (χ4v) is 4.96. The zero-order chi connectivity index (χ0) is 24.0. The summed E-state index contributed by atoms with van der Waals surface area (Å²) in [6.45, 7) is 2.96. The van der Waals surface area contributed by atoms with Crippen LogP contribution in [0.3, 0.4) is 0 Å². The number of nitrogens with zero attached hydrogens (tertiary/aromatic N) is 5. The number of anilines is 1. The molecule has 178 valence electrons. The van der Waals surface area contributed by atoms with E-state index in [9.17, 15) is 4.79 Å². The number of carbonyl (C=O) groups is 1. The number of carboxylic acids is 1. The molecule has 0 aliphatic carbocycles. The number of nitrogens with two attached hydrogens (primary N) is 1. The lowest BCUT2D eigenvalue weighted by atomic mass is 9.81. The maximum Gasteiger partial charge on any atom is 0.317 e. The predicted molar refractivity (Wildman–Crippen MR) is 129 cm³/mol. The molecule has 1 aromatic carbocycles. The van der Waals surface area contributed by atoms with Crippen molar-refractivity contribution in [2.45, 2.75) is 5.54 Å². The molecule has 10 nitrogen and oxygen atoms in total. The Morgan fingerprint density at radius 1 is 1.06 bits per heavy atom. The molecule has 0 bridgehead atoms. The minimum Gasteiger partial charge on any atom is -0.480 e. The Labute approximate surface area is 201 Å². The van der Waals surface area contributed by atoms with Crippen molar-refractivity contribution in [3.63, 3.8) is 0 Å². The standard InChI is InChI=1S/C25H24N6O4/c26-24-29-25(15-34-24)18-10-16(17-2-1-5-27-12-17)3-4-20(18)35-21-13-28-22(11-19(21)25)31-8-6-30(7-9-31)14-23(32)33/h1-5,10-13H,6-9,14-15H2,(H2,26,29)(H,32,33)/t25-/m0/s1. The average Bonchev–Trinajstić information content (AvgIpc) is 3.27.